The highest BCUT2D eigenvalue weighted by Gasteiger charge is 2.00. The Kier molecular flexibility index (Phi) is 4.78. The maximum atomic E-state index is 5.37. The van der Waals surface area contributed by atoms with Gasteiger partial charge < -0.3 is 5.32 Å². The molecule has 1 heterocycles. The van der Waals surface area contributed by atoms with Gasteiger partial charge in [0.2, 0.25) is 5.96 Å². The average molecular weight is 224 g/mol. The Hall–Kier alpha value is -1.56. The normalized spacial score (nSPS) is 11.9. The van der Waals surface area contributed by atoms with Crippen LogP contribution in [0.1, 0.15) is 19.5 Å². The van der Waals surface area contributed by atoms with Crippen molar-refractivity contribution in [1.82, 2.24) is 20.5 Å². The fraction of sp³-hybridized carbons (Fsp3) is 0.600. The fourth-order valence-corrected chi connectivity index (χ4v) is 1.17. The molecule has 1 rings (SSSR count). The van der Waals surface area contributed by atoms with Gasteiger partial charge in [0, 0.05) is 19.8 Å². The summed E-state index contributed by atoms with van der Waals surface area (Å²) in [6.45, 7) is 5.65. The summed E-state index contributed by atoms with van der Waals surface area (Å²) in [6, 6.07) is 1.93. The van der Waals surface area contributed by atoms with Crippen LogP contribution in [0.15, 0.2) is 17.3 Å². The number of nitrogens with one attached hydrogen (secondary N) is 2. The van der Waals surface area contributed by atoms with Gasteiger partial charge in [0.15, 0.2) is 0 Å². The van der Waals surface area contributed by atoms with E-state index in [9.17, 15) is 0 Å². The third-order valence-corrected chi connectivity index (χ3v) is 2.14. The maximum Gasteiger partial charge on any atom is 0.206 e. The molecule has 0 aliphatic carbocycles. The van der Waals surface area contributed by atoms with Crippen molar-refractivity contribution < 1.29 is 0 Å². The van der Waals surface area contributed by atoms with E-state index >= 15 is 0 Å². The van der Waals surface area contributed by atoms with Crippen LogP contribution in [-0.2, 0) is 13.6 Å². The van der Waals surface area contributed by atoms with E-state index in [2.05, 4.69) is 34.7 Å². The second kappa shape index (κ2) is 6.12. The van der Waals surface area contributed by atoms with Gasteiger partial charge in [-0.3, -0.25) is 10.1 Å². The van der Waals surface area contributed by atoms with Crippen molar-refractivity contribution in [3.63, 3.8) is 0 Å². The van der Waals surface area contributed by atoms with E-state index < -0.39 is 0 Å². The van der Waals surface area contributed by atoms with Crippen LogP contribution in [0.4, 0.5) is 0 Å². The SMILES string of the molecule is CC(C)CNC(=NCc1ccnn1C)NN. The highest BCUT2D eigenvalue weighted by atomic mass is 15.3. The number of hydrazine groups is 1. The molecule has 16 heavy (non-hydrogen) atoms. The highest BCUT2D eigenvalue weighted by Crippen LogP contribution is 1.97. The molecule has 0 spiro atoms. The van der Waals surface area contributed by atoms with Crippen LogP contribution in [0.3, 0.4) is 0 Å². The molecule has 0 atom stereocenters. The zero-order valence-corrected chi connectivity index (χ0v) is 10.1. The van der Waals surface area contributed by atoms with Crippen LogP contribution in [-0.4, -0.2) is 22.3 Å². The van der Waals surface area contributed by atoms with E-state index in [-0.39, 0.29) is 0 Å². The van der Waals surface area contributed by atoms with Gasteiger partial charge in [0.05, 0.1) is 12.2 Å². The van der Waals surface area contributed by atoms with Crippen molar-refractivity contribution in [2.24, 2.45) is 23.8 Å². The predicted octanol–water partition coefficient (Wildman–Crippen LogP) is -0.0150. The number of hydrogen-bond donors (Lipinski definition) is 3. The number of aryl methyl sites for hydroxylation is 1. The van der Waals surface area contributed by atoms with E-state index in [1.807, 2.05) is 13.1 Å². The average Bonchev–Trinajstić information content (AvgIpc) is 2.64. The number of nitrogens with two attached hydrogens (primary N) is 1. The highest BCUT2D eigenvalue weighted by molar-refractivity contribution is 5.79. The number of guanidine groups is 1. The number of nitrogens with zero attached hydrogens (tertiary/aromatic N) is 3. The minimum absolute atomic E-state index is 0.551. The Morgan fingerprint density at radius 2 is 2.38 bits per heavy atom. The topological polar surface area (TPSA) is 80.3 Å². The first kappa shape index (κ1) is 12.5. The first-order valence-corrected chi connectivity index (χ1v) is 5.35. The van der Waals surface area contributed by atoms with Crippen molar-refractivity contribution >= 4 is 5.96 Å². The number of aliphatic imine (C=N–C) groups is 1. The molecule has 1 aromatic heterocycles. The molecule has 1 aromatic rings. The molecule has 6 heteroatoms. The summed E-state index contributed by atoms with van der Waals surface area (Å²) >= 11 is 0. The molecule has 0 saturated heterocycles. The molecule has 0 bridgehead atoms. The lowest BCUT2D eigenvalue weighted by Gasteiger charge is -2.10. The third kappa shape index (κ3) is 3.90. The fourth-order valence-electron chi connectivity index (χ4n) is 1.17. The van der Waals surface area contributed by atoms with Gasteiger partial charge in [-0.25, -0.2) is 10.8 Å². The van der Waals surface area contributed by atoms with E-state index in [1.165, 1.54) is 0 Å². The molecule has 0 aromatic carbocycles. The van der Waals surface area contributed by atoms with Gasteiger partial charge in [-0.05, 0) is 12.0 Å². The molecule has 4 N–H and O–H groups in total. The summed E-state index contributed by atoms with van der Waals surface area (Å²) in [6.07, 6.45) is 1.75. The standard InChI is InChI=1S/C10H20N6/c1-8(2)6-12-10(15-11)13-7-9-4-5-14-16(9)3/h4-5,8H,6-7,11H2,1-3H3,(H2,12,13,15). The third-order valence-electron chi connectivity index (χ3n) is 2.14. The minimum Gasteiger partial charge on any atom is -0.355 e. The number of hydrogen-bond acceptors (Lipinski definition) is 3. The predicted molar refractivity (Wildman–Crippen MR) is 64.5 cm³/mol. The second-order valence-electron chi connectivity index (χ2n) is 4.03. The minimum atomic E-state index is 0.551. The van der Waals surface area contributed by atoms with Gasteiger partial charge in [-0.1, -0.05) is 13.8 Å². The second-order valence-corrected chi connectivity index (χ2v) is 4.03. The zero-order valence-electron chi connectivity index (χ0n) is 10.1. The van der Waals surface area contributed by atoms with E-state index in [1.54, 1.807) is 10.9 Å². The Morgan fingerprint density at radius 1 is 1.62 bits per heavy atom. The van der Waals surface area contributed by atoms with Crippen LogP contribution < -0.4 is 16.6 Å². The molecule has 90 valence electrons. The molecule has 0 unspecified atom stereocenters. The van der Waals surface area contributed by atoms with Crippen molar-refractivity contribution in [2.45, 2.75) is 20.4 Å². The van der Waals surface area contributed by atoms with Crippen LogP contribution >= 0.6 is 0 Å². The Morgan fingerprint density at radius 3 is 2.88 bits per heavy atom. The molecular weight excluding hydrogens is 204 g/mol. The first-order chi connectivity index (χ1) is 7.63. The van der Waals surface area contributed by atoms with Gasteiger partial charge in [-0.2, -0.15) is 5.10 Å². The maximum absolute atomic E-state index is 5.37. The molecule has 0 aliphatic rings. The summed E-state index contributed by atoms with van der Waals surface area (Å²) in [5.41, 5.74) is 3.59. The number of rotatable bonds is 4. The lowest BCUT2D eigenvalue weighted by atomic mass is 10.2. The van der Waals surface area contributed by atoms with Crippen LogP contribution in [0, 0.1) is 5.92 Å². The van der Waals surface area contributed by atoms with Crippen molar-refractivity contribution in [3.05, 3.63) is 18.0 Å². The van der Waals surface area contributed by atoms with E-state index in [4.69, 9.17) is 5.84 Å². The van der Waals surface area contributed by atoms with Crippen molar-refractivity contribution in [2.75, 3.05) is 6.54 Å². The smallest absolute Gasteiger partial charge is 0.206 e. The van der Waals surface area contributed by atoms with Gasteiger partial charge in [0.25, 0.3) is 0 Å². The molecule has 0 aliphatic heterocycles. The lowest BCUT2D eigenvalue weighted by Crippen LogP contribution is -2.43. The monoisotopic (exact) mass is 224 g/mol. The van der Waals surface area contributed by atoms with Gasteiger partial charge >= 0.3 is 0 Å². The van der Waals surface area contributed by atoms with E-state index in [0.29, 0.717) is 18.4 Å². The molecule has 0 fully saturated rings. The molecule has 0 radical (unpaired) electrons. The van der Waals surface area contributed by atoms with Crippen molar-refractivity contribution in [3.8, 4) is 0 Å². The summed E-state index contributed by atoms with van der Waals surface area (Å²) in [7, 11) is 1.89. The van der Waals surface area contributed by atoms with Crippen LogP contribution in [0.2, 0.25) is 0 Å². The Labute approximate surface area is 95.9 Å². The quantitative estimate of drug-likeness (QED) is 0.291. The molecular formula is C10H20N6. The summed E-state index contributed by atoms with van der Waals surface area (Å²) in [4.78, 5) is 4.33. The largest absolute Gasteiger partial charge is 0.355 e. The number of aromatic nitrogens is 2. The summed E-state index contributed by atoms with van der Waals surface area (Å²) in [5.74, 6) is 6.53. The van der Waals surface area contributed by atoms with Crippen LogP contribution in [0.5, 0.6) is 0 Å². The van der Waals surface area contributed by atoms with E-state index in [0.717, 1.165) is 12.2 Å². The molecule has 0 amide bonds. The summed E-state index contributed by atoms with van der Waals surface area (Å²) in [5, 5.41) is 7.20. The Bertz CT molecular complexity index is 341. The van der Waals surface area contributed by atoms with Gasteiger partial charge in [0.1, 0.15) is 0 Å². The first-order valence-electron chi connectivity index (χ1n) is 5.35. The Balaban J connectivity index is 2.50. The lowest BCUT2D eigenvalue weighted by molar-refractivity contribution is 0.614. The summed E-state index contributed by atoms with van der Waals surface area (Å²) < 4.78 is 1.79. The van der Waals surface area contributed by atoms with Gasteiger partial charge in [-0.15, -0.1) is 0 Å². The molecule has 6 nitrogen and oxygen atoms in total. The molecule has 0 saturated carbocycles. The van der Waals surface area contributed by atoms with Crippen LogP contribution in [0.25, 0.3) is 0 Å². The zero-order chi connectivity index (χ0) is 12.0. The van der Waals surface area contributed by atoms with Crippen molar-refractivity contribution in [1.29, 1.82) is 0 Å².